The third kappa shape index (κ3) is 6.11. The van der Waals surface area contributed by atoms with Gasteiger partial charge in [0.05, 0.1) is 6.10 Å². The molecule has 0 aliphatic heterocycles. The predicted octanol–water partition coefficient (Wildman–Crippen LogP) is 3.13. The summed E-state index contributed by atoms with van der Waals surface area (Å²) in [6.07, 6.45) is 0.0608. The number of benzene rings is 1. The van der Waals surface area contributed by atoms with Crippen LogP contribution < -0.4 is 15.8 Å². The molecular formula is C14H22BrClN2O2. The molecule has 0 saturated carbocycles. The van der Waals surface area contributed by atoms with Gasteiger partial charge in [-0.15, -0.1) is 12.4 Å². The van der Waals surface area contributed by atoms with Crippen LogP contribution in [0.3, 0.4) is 0 Å². The van der Waals surface area contributed by atoms with Gasteiger partial charge in [0.2, 0.25) is 0 Å². The summed E-state index contributed by atoms with van der Waals surface area (Å²) in [5, 5.41) is 2.89. The zero-order valence-corrected chi connectivity index (χ0v) is 14.6. The summed E-state index contributed by atoms with van der Waals surface area (Å²) in [7, 11) is 0. The van der Waals surface area contributed by atoms with Crippen molar-refractivity contribution < 1.29 is 9.53 Å². The van der Waals surface area contributed by atoms with Gasteiger partial charge < -0.3 is 15.8 Å². The maximum atomic E-state index is 12.2. The fraction of sp³-hybridized carbons (Fsp3) is 0.500. The molecule has 0 aromatic heterocycles. The molecule has 0 radical (unpaired) electrons. The lowest BCUT2D eigenvalue weighted by atomic mass is 10.1. The average Bonchev–Trinajstić information content (AvgIpc) is 2.26. The molecule has 6 heteroatoms. The number of carbonyl (C=O) groups excluding carboxylic acids is 1. The smallest absolute Gasteiger partial charge is 0.251 e. The van der Waals surface area contributed by atoms with Crippen molar-refractivity contribution in [2.24, 2.45) is 5.73 Å². The molecule has 1 rings (SSSR count). The van der Waals surface area contributed by atoms with Crippen LogP contribution in [0.5, 0.6) is 5.75 Å². The predicted molar refractivity (Wildman–Crippen MR) is 87.8 cm³/mol. The van der Waals surface area contributed by atoms with Gasteiger partial charge in [-0.25, -0.2) is 0 Å². The van der Waals surface area contributed by atoms with E-state index in [9.17, 15) is 4.79 Å². The molecule has 0 aliphatic rings. The van der Waals surface area contributed by atoms with E-state index in [2.05, 4.69) is 21.2 Å². The first kappa shape index (κ1) is 19.2. The van der Waals surface area contributed by atoms with Crippen molar-refractivity contribution in [3.63, 3.8) is 0 Å². The minimum atomic E-state index is -0.432. The first-order valence-electron chi connectivity index (χ1n) is 6.23. The first-order valence-corrected chi connectivity index (χ1v) is 7.02. The van der Waals surface area contributed by atoms with Crippen LogP contribution in [0.15, 0.2) is 22.7 Å². The topological polar surface area (TPSA) is 64.3 Å². The minimum Gasteiger partial charge on any atom is -0.491 e. The number of hydrogen-bond acceptors (Lipinski definition) is 3. The highest BCUT2D eigenvalue weighted by molar-refractivity contribution is 9.10. The summed E-state index contributed by atoms with van der Waals surface area (Å²) >= 11 is 3.38. The van der Waals surface area contributed by atoms with Gasteiger partial charge in [-0.3, -0.25) is 4.79 Å². The van der Waals surface area contributed by atoms with Gasteiger partial charge in [0, 0.05) is 22.1 Å². The van der Waals surface area contributed by atoms with Gasteiger partial charge in [-0.05, 0) is 45.9 Å². The lowest BCUT2D eigenvalue weighted by molar-refractivity contribution is 0.0915. The van der Waals surface area contributed by atoms with Gasteiger partial charge in [-0.2, -0.15) is 0 Å². The number of hydrogen-bond donors (Lipinski definition) is 2. The third-order valence-corrected chi connectivity index (χ3v) is 2.93. The van der Waals surface area contributed by atoms with Crippen LogP contribution in [0.25, 0.3) is 0 Å². The van der Waals surface area contributed by atoms with E-state index in [1.54, 1.807) is 12.1 Å². The molecule has 0 aliphatic carbocycles. The third-order valence-electron chi connectivity index (χ3n) is 2.47. The average molecular weight is 366 g/mol. The molecule has 4 nitrogen and oxygen atoms in total. The summed E-state index contributed by atoms with van der Waals surface area (Å²) in [6, 6.07) is 5.33. The van der Waals surface area contributed by atoms with Crippen LogP contribution in [0.4, 0.5) is 0 Å². The number of halogens is 2. The van der Waals surface area contributed by atoms with Crippen molar-refractivity contribution >= 4 is 34.2 Å². The Kier molecular flexibility index (Phi) is 7.55. The second-order valence-corrected chi connectivity index (χ2v) is 6.30. The summed E-state index contributed by atoms with van der Waals surface area (Å²) < 4.78 is 6.41. The second-order valence-electron chi connectivity index (χ2n) is 5.38. The SMILES string of the molecule is CC(C)Oc1cc(Br)cc(C(=O)NC(C)(C)CN)c1.Cl. The quantitative estimate of drug-likeness (QED) is 0.842. The van der Waals surface area contributed by atoms with Gasteiger partial charge >= 0.3 is 0 Å². The van der Waals surface area contributed by atoms with Crippen LogP contribution in [-0.4, -0.2) is 24.1 Å². The molecule has 0 bridgehead atoms. The molecule has 3 N–H and O–H groups in total. The molecule has 0 heterocycles. The lowest BCUT2D eigenvalue weighted by Crippen LogP contribution is -2.48. The monoisotopic (exact) mass is 364 g/mol. The first-order chi connectivity index (χ1) is 8.73. The highest BCUT2D eigenvalue weighted by Crippen LogP contribution is 2.22. The van der Waals surface area contributed by atoms with Crippen LogP contribution >= 0.6 is 28.3 Å². The Morgan fingerprint density at radius 2 is 2.00 bits per heavy atom. The van der Waals surface area contributed by atoms with Crippen LogP contribution in [0.1, 0.15) is 38.1 Å². The van der Waals surface area contributed by atoms with Crippen molar-refractivity contribution in [1.82, 2.24) is 5.32 Å². The molecule has 1 amide bonds. The van der Waals surface area contributed by atoms with E-state index in [0.717, 1.165) is 4.47 Å². The lowest BCUT2D eigenvalue weighted by Gasteiger charge is -2.24. The van der Waals surface area contributed by atoms with Gasteiger partial charge in [-0.1, -0.05) is 15.9 Å². The standard InChI is InChI=1S/C14H21BrN2O2.ClH/c1-9(2)19-12-6-10(5-11(15)7-12)13(18)17-14(3,4)8-16;/h5-7,9H,8,16H2,1-4H3,(H,17,18);1H. The fourth-order valence-electron chi connectivity index (χ4n) is 1.46. The maximum Gasteiger partial charge on any atom is 0.251 e. The number of carbonyl (C=O) groups is 1. The second kappa shape index (κ2) is 7.86. The van der Waals surface area contributed by atoms with Crippen molar-refractivity contribution in [3.05, 3.63) is 28.2 Å². The Bertz CT molecular complexity index is 464. The van der Waals surface area contributed by atoms with Gasteiger partial charge in [0.25, 0.3) is 5.91 Å². The maximum absolute atomic E-state index is 12.2. The summed E-state index contributed by atoms with van der Waals surface area (Å²) in [5.74, 6) is 0.505. The normalized spacial score (nSPS) is 10.9. The number of amides is 1. The molecule has 1 aromatic rings. The summed E-state index contributed by atoms with van der Waals surface area (Å²) in [5.41, 5.74) is 5.73. The van der Waals surface area contributed by atoms with Gasteiger partial charge in [0.1, 0.15) is 5.75 Å². The number of nitrogens with one attached hydrogen (secondary N) is 1. The molecule has 0 atom stereocenters. The van der Waals surface area contributed by atoms with Crippen LogP contribution in [-0.2, 0) is 0 Å². The van der Waals surface area contributed by atoms with E-state index in [1.165, 1.54) is 0 Å². The van der Waals surface area contributed by atoms with E-state index in [4.69, 9.17) is 10.5 Å². The Labute approximate surface area is 135 Å². The van der Waals surface area contributed by atoms with E-state index in [1.807, 2.05) is 33.8 Å². The van der Waals surface area contributed by atoms with Crippen molar-refractivity contribution in [3.8, 4) is 5.75 Å². The zero-order chi connectivity index (χ0) is 14.6. The summed E-state index contributed by atoms with van der Waals surface area (Å²) in [4.78, 5) is 12.2. The molecule has 20 heavy (non-hydrogen) atoms. The molecule has 0 fully saturated rings. The zero-order valence-electron chi connectivity index (χ0n) is 12.2. The van der Waals surface area contributed by atoms with Crippen LogP contribution in [0.2, 0.25) is 0 Å². The number of ether oxygens (including phenoxy) is 1. The van der Waals surface area contributed by atoms with Crippen molar-refractivity contribution in [1.29, 1.82) is 0 Å². The Morgan fingerprint density at radius 1 is 1.40 bits per heavy atom. The Morgan fingerprint density at radius 3 is 2.50 bits per heavy atom. The molecule has 0 unspecified atom stereocenters. The van der Waals surface area contributed by atoms with E-state index in [0.29, 0.717) is 17.9 Å². The highest BCUT2D eigenvalue weighted by atomic mass is 79.9. The highest BCUT2D eigenvalue weighted by Gasteiger charge is 2.20. The van der Waals surface area contributed by atoms with E-state index in [-0.39, 0.29) is 24.4 Å². The minimum absolute atomic E-state index is 0. The number of nitrogens with two attached hydrogens (primary N) is 1. The van der Waals surface area contributed by atoms with Gasteiger partial charge in [0.15, 0.2) is 0 Å². The van der Waals surface area contributed by atoms with Crippen molar-refractivity contribution in [2.75, 3.05) is 6.54 Å². The number of rotatable bonds is 5. The molecule has 0 spiro atoms. The van der Waals surface area contributed by atoms with Crippen molar-refractivity contribution in [2.45, 2.75) is 39.3 Å². The summed E-state index contributed by atoms with van der Waals surface area (Å²) in [6.45, 7) is 8.03. The molecule has 1 aromatic carbocycles. The Balaban J connectivity index is 0.00000361. The molecule has 0 saturated heterocycles. The molecular weight excluding hydrogens is 344 g/mol. The fourth-order valence-corrected chi connectivity index (χ4v) is 1.94. The molecule has 114 valence electrons. The van der Waals surface area contributed by atoms with E-state index >= 15 is 0 Å². The van der Waals surface area contributed by atoms with E-state index < -0.39 is 5.54 Å². The Hall–Kier alpha value is -0.780. The largest absolute Gasteiger partial charge is 0.491 e. The van der Waals surface area contributed by atoms with Crippen LogP contribution in [0, 0.1) is 0 Å².